The summed E-state index contributed by atoms with van der Waals surface area (Å²) in [5.41, 5.74) is 2.80. The maximum Gasteiger partial charge on any atom is 0.182 e. The minimum absolute atomic E-state index is 0.515. The Bertz CT molecular complexity index is 1040. The number of aromatic nitrogens is 2. The Hall–Kier alpha value is -1.33. The van der Waals surface area contributed by atoms with Gasteiger partial charge in [0.15, 0.2) is 4.77 Å². The summed E-state index contributed by atoms with van der Waals surface area (Å²) in [5, 5.41) is 4.32. The second kappa shape index (κ2) is 4.85. The van der Waals surface area contributed by atoms with Crippen molar-refractivity contribution in [3.05, 3.63) is 56.6 Å². The van der Waals surface area contributed by atoms with E-state index in [1.807, 2.05) is 10.6 Å². The molecule has 2 heterocycles. The highest BCUT2D eigenvalue weighted by Crippen LogP contribution is 2.30. The number of nitrogens with one attached hydrogen (secondary N) is 1. The van der Waals surface area contributed by atoms with Gasteiger partial charge in [0, 0.05) is 10.4 Å². The van der Waals surface area contributed by atoms with Crippen LogP contribution in [0.2, 0.25) is 10.0 Å². The highest BCUT2D eigenvalue weighted by molar-refractivity contribution is 7.71. The number of imidazole rings is 1. The molecule has 4 rings (SSSR count). The molecule has 0 atom stereocenters. The zero-order valence-electron chi connectivity index (χ0n) is 10.6. The summed E-state index contributed by atoms with van der Waals surface area (Å²) in [7, 11) is 0. The first-order chi connectivity index (χ1) is 10.1. The van der Waals surface area contributed by atoms with Gasteiger partial charge in [-0.2, -0.15) is 0 Å². The van der Waals surface area contributed by atoms with Crippen molar-refractivity contribution in [2.75, 3.05) is 0 Å². The van der Waals surface area contributed by atoms with Crippen LogP contribution in [0, 0.1) is 4.77 Å². The van der Waals surface area contributed by atoms with E-state index in [9.17, 15) is 0 Å². The quantitative estimate of drug-likeness (QED) is 0.404. The normalized spacial score (nSPS) is 11.5. The van der Waals surface area contributed by atoms with Crippen LogP contribution >= 0.6 is 46.8 Å². The van der Waals surface area contributed by atoms with Gasteiger partial charge in [-0.15, -0.1) is 11.3 Å². The molecule has 0 radical (unpaired) electrons. The van der Waals surface area contributed by atoms with E-state index in [1.165, 1.54) is 10.1 Å². The van der Waals surface area contributed by atoms with Crippen molar-refractivity contribution in [3.63, 3.8) is 0 Å². The van der Waals surface area contributed by atoms with E-state index < -0.39 is 0 Å². The van der Waals surface area contributed by atoms with E-state index in [0.717, 1.165) is 16.7 Å². The zero-order valence-corrected chi connectivity index (χ0v) is 13.7. The molecule has 0 saturated carbocycles. The Morgan fingerprint density at radius 3 is 2.71 bits per heavy atom. The van der Waals surface area contributed by atoms with Crippen molar-refractivity contribution in [2.24, 2.45) is 0 Å². The van der Waals surface area contributed by atoms with Crippen molar-refractivity contribution in [1.29, 1.82) is 0 Å². The highest BCUT2D eigenvalue weighted by atomic mass is 35.5. The van der Waals surface area contributed by atoms with Gasteiger partial charge in [0.05, 0.1) is 21.1 Å². The summed E-state index contributed by atoms with van der Waals surface area (Å²) in [6.45, 7) is 0. The predicted octanol–water partition coefficient (Wildman–Crippen LogP) is 6.21. The molecule has 0 aliphatic rings. The van der Waals surface area contributed by atoms with Crippen molar-refractivity contribution >= 4 is 67.9 Å². The summed E-state index contributed by atoms with van der Waals surface area (Å²) in [4.78, 5) is 3.17. The molecule has 0 aliphatic carbocycles. The Kier molecular flexibility index (Phi) is 3.08. The molecule has 104 valence electrons. The summed E-state index contributed by atoms with van der Waals surface area (Å²) in [6.07, 6.45) is 0. The second-order valence-corrected chi connectivity index (χ2v) is 6.84. The smallest absolute Gasteiger partial charge is 0.182 e. The number of benzene rings is 2. The second-order valence-electron chi connectivity index (χ2n) is 4.69. The molecule has 2 aromatic heterocycles. The first-order valence-corrected chi connectivity index (χ1v) is 8.25. The third-order valence-electron chi connectivity index (χ3n) is 3.42. The number of nitrogens with zero attached hydrogens (tertiary/aromatic N) is 1. The SMILES string of the molecule is S=c1[nH]c2cc(Cl)c(Cl)cc2n1-c1ccc2sccc2c1. The van der Waals surface area contributed by atoms with Gasteiger partial charge in [0.1, 0.15) is 0 Å². The van der Waals surface area contributed by atoms with E-state index in [1.54, 1.807) is 17.4 Å². The average Bonchev–Trinajstić information content (AvgIpc) is 3.02. The Morgan fingerprint density at radius 1 is 1.05 bits per heavy atom. The van der Waals surface area contributed by atoms with Crippen molar-refractivity contribution < 1.29 is 0 Å². The topological polar surface area (TPSA) is 20.7 Å². The molecule has 0 spiro atoms. The molecular weight excluding hydrogens is 343 g/mol. The Morgan fingerprint density at radius 2 is 1.86 bits per heavy atom. The lowest BCUT2D eigenvalue weighted by molar-refractivity contribution is 1.07. The molecule has 0 bridgehead atoms. The van der Waals surface area contributed by atoms with Gasteiger partial charge < -0.3 is 4.98 Å². The van der Waals surface area contributed by atoms with Gasteiger partial charge in [-0.3, -0.25) is 4.57 Å². The predicted molar refractivity (Wildman–Crippen MR) is 93.9 cm³/mol. The van der Waals surface area contributed by atoms with Crippen LogP contribution in [0.15, 0.2) is 41.8 Å². The van der Waals surface area contributed by atoms with Crippen molar-refractivity contribution in [3.8, 4) is 5.69 Å². The standard InChI is InChI=1S/C15H8Cl2N2S2/c16-10-6-12-13(7-11(10)17)19(15(20)18-12)9-1-2-14-8(5-9)3-4-21-14/h1-7H,(H,18,20). The monoisotopic (exact) mass is 350 g/mol. The summed E-state index contributed by atoms with van der Waals surface area (Å²) in [6, 6.07) is 12.0. The van der Waals surface area contributed by atoms with E-state index >= 15 is 0 Å². The van der Waals surface area contributed by atoms with Crippen LogP contribution in [0.1, 0.15) is 0 Å². The summed E-state index contributed by atoms with van der Waals surface area (Å²) >= 11 is 19.4. The zero-order chi connectivity index (χ0) is 14.6. The minimum Gasteiger partial charge on any atom is -0.330 e. The van der Waals surface area contributed by atoms with Crippen LogP contribution in [0.5, 0.6) is 0 Å². The Balaban J connectivity index is 2.06. The molecule has 0 amide bonds. The van der Waals surface area contributed by atoms with Crippen LogP contribution in [0.4, 0.5) is 0 Å². The molecule has 6 heteroatoms. The first-order valence-electron chi connectivity index (χ1n) is 6.21. The van der Waals surface area contributed by atoms with E-state index in [2.05, 4.69) is 34.6 Å². The fourth-order valence-corrected chi connectivity index (χ4v) is 3.86. The van der Waals surface area contributed by atoms with Crippen LogP contribution in [0.3, 0.4) is 0 Å². The first kappa shape index (κ1) is 13.3. The van der Waals surface area contributed by atoms with Gasteiger partial charge in [-0.05, 0) is 59.4 Å². The largest absolute Gasteiger partial charge is 0.330 e. The van der Waals surface area contributed by atoms with Gasteiger partial charge in [0.25, 0.3) is 0 Å². The van der Waals surface area contributed by atoms with E-state index in [-0.39, 0.29) is 0 Å². The molecule has 0 fully saturated rings. The lowest BCUT2D eigenvalue weighted by atomic mass is 10.2. The number of fused-ring (bicyclic) bond motifs is 2. The van der Waals surface area contributed by atoms with Crippen molar-refractivity contribution in [2.45, 2.75) is 0 Å². The van der Waals surface area contributed by atoms with Crippen molar-refractivity contribution in [1.82, 2.24) is 9.55 Å². The van der Waals surface area contributed by atoms with Crippen LogP contribution in [0.25, 0.3) is 26.8 Å². The molecule has 1 N–H and O–H groups in total. The fraction of sp³-hybridized carbons (Fsp3) is 0. The van der Waals surface area contributed by atoms with Gasteiger partial charge in [0.2, 0.25) is 0 Å². The van der Waals surface area contributed by atoms with Crippen LogP contribution in [-0.4, -0.2) is 9.55 Å². The number of rotatable bonds is 1. The lowest BCUT2D eigenvalue weighted by Gasteiger charge is -2.05. The van der Waals surface area contributed by atoms with Gasteiger partial charge >= 0.3 is 0 Å². The maximum atomic E-state index is 6.14. The molecular formula is C15H8Cl2N2S2. The fourth-order valence-electron chi connectivity index (χ4n) is 2.45. The number of hydrogen-bond acceptors (Lipinski definition) is 2. The maximum absolute atomic E-state index is 6.14. The van der Waals surface area contributed by atoms with Crippen LogP contribution < -0.4 is 0 Å². The molecule has 0 saturated heterocycles. The van der Waals surface area contributed by atoms with Crippen LogP contribution in [-0.2, 0) is 0 Å². The molecule has 0 aliphatic heterocycles. The summed E-state index contributed by atoms with van der Waals surface area (Å²) in [5.74, 6) is 0. The molecule has 2 aromatic carbocycles. The number of aromatic amines is 1. The lowest BCUT2D eigenvalue weighted by Crippen LogP contribution is -1.93. The third kappa shape index (κ3) is 2.10. The third-order valence-corrected chi connectivity index (χ3v) is 5.32. The number of thiophene rings is 1. The number of hydrogen-bond donors (Lipinski definition) is 1. The average molecular weight is 351 g/mol. The Labute approximate surface area is 139 Å². The molecule has 4 aromatic rings. The van der Waals surface area contributed by atoms with E-state index in [0.29, 0.717) is 14.8 Å². The highest BCUT2D eigenvalue weighted by Gasteiger charge is 2.10. The van der Waals surface area contributed by atoms with E-state index in [4.69, 9.17) is 35.4 Å². The van der Waals surface area contributed by atoms with Gasteiger partial charge in [-0.1, -0.05) is 23.2 Å². The summed E-state index contributed by atoms with van der Waals surface area (Å²) < 4.78 is 3.85. The minimum atomic E-state index is 0.515. The van der Waals surface area contributed by atoms with Gasteiger partial charge in [-0.25, -0.2) is 0 Å². The molecule has 0 unspecified atom stereocenters. The molecule has 21 heavy (non-hydrogen) atoms. The number of H-pyrrole nitrogens is 1. The molecule has 2 nitrogen and oxygen atoms in total. The number of halogens is 2.